The van der Waals surface area contributed by atoms with Gasteiger partial charge in [-0.25, -0.2) is 0 Å². The molecular formula is C23H24O7. The lowest BCUT2D eigenvalue weighted by Gasteiger charge is -2.30. The lowest BCUT2D eigenvalue weighted by molar-refractivity contribution is -0.146. The Morgan fingerprint density at radius 1 is 1.00 bits per heavy atom. The van der Waals surface area contributed by atoms with Crippen LogP contribution in [0.4, 0.5) is 0 Å². The molecule has 1 aliphatic carbocycles. The van der Waals surface area contributed by atoms with Crippen LogP contribution in [0.5, 0.6) is 28.7 Å². The molecule has 2 aromatic rings. The maximum Gasteiger partial charge on any atom is 0.313 e. The summed E-state index contributed by atoms with van der Waals surface area (Å²) >= 11 is 0. The number of benzene rings is 2. The van der Waals surface area contributed by atoms with Gasteiger partial charge in [-0.3, -0.25) is 4.79 Å². The van der Waals surface area contributed by atoms with Crippen molar-refractivity contribution in [2.45, 2.75) is 12.8 Å². The zero-order valence-electron chi connectivity index (χ0n) is 17.4. The molecule has 4 rings (SSSR count). The van der Waals surface area contributed by atoms with E-state index in [1.807, 2.05) is 36.4 Å². The number of hydrogen-bond acceptors (Lipinski definition) is 7. The first-order chi connectivity index (χ1) is 14.6. The minimum Gasteiger partial charge on any atom is -0.493 e. The monoisotopic (exact) mass is 412 g/mol. The third-order valence-corrected chi connectivity index (χ3v) is 5.36. The Morgan fingerprint density at radius 3 is 2.27 bits per heavy atom. The molecule has 0 N–H and O–H groups in total. The molecule has 7 heteroatoms. The Labute approximate surface area is 175 Å². The molecule has 2 aliphatic rings. The van der Waals surface area contributed by atoms with Crippen LogP contribution in [-0.2, 0) is 9.53 Å². The number of carbonyl (C=O) groups excluding carboxylic acids is 1. The second-order valence-electron chi connectivity index (χ2n) is 6.91. The number of methoxy groups -OCH3 is 3. The van der Waals surface area contributed by atoms with E-state index in [0.717, 1.165) is 16.7 Å². The number of carbonyl (C=O) groups is 1. The van der Waals surface area contributed by atoms with Crippen LogP contribution in [0.3, 0.4) is 0 Å². The Kier molecular flexibility index (Phi) is 5.44. The van der Waals surface area contributed by atoms with Gasteiger partial charge in [-0.15, -0.1) is 0 Å². The van der Waals surface area contributed by atoms with Crippen LogP contribution in [0.15, 0.2) is 30.3 Å². The molecule has 30 heavy (non-hydrogen) atoms. The first kappa shape index (κ1) is 19.9. The molecule has 0 unspecified atom stereocenters. The van der Waals surface area contributed by atoms with Crippen LogP contribution in [0.25, 0.3) is 6.08 Å². The van der Waals surface area contributed by atoms with Crippen LogP contribution in [0.2, 0.25) is 0 Å². The van der Waals surface area contributed by atoms with Gasteiger partial charge in [-0.05, 0) is 47.9 Å². The van der Waals surface area contributed by atoms with E-state index in [4.69, 9.17) is 28.4 Å². The summed E-state index contributed by atoms with van der Waals surface area (Å²) in [5, 5.41) is 0. The van der Waals surface area contributed by atoms with E-state index >= 15 is 0 Å². The highest BCUT2D eigenvalue weighted by Crippen LogP contribution is 2.48. The van der Waals surface area contributed by atoms with Crippen molar-refractivity contribution >= 4 is 12.0 Å². The third-order valence-electron chi connectivity index (χ3n) is 5.36. The van der Waals surface area contributed by atoms with Crippen LogP contribution in [0, 0.1) is 5.92 Å². The predicted molar refractivity (Wildman–Crippen MR) is 110 cm³/mol. The summed E-state index contributed by atoms with van der Waals surface area (Å²) in [5.41, 5.74) is 2.74. The summed E-state index contributed by atoms with van der Waals surface area (Å²) in [6.45, 7) is 2.28. The first-order valence-electron chi connectivity index (χ1n) is 9.69. The van der Waals surface area contributed by atoms with Crippen LogP contribution in [-0.4, -0.2) is 40.7 Å². The summed E-state index contributed by atoms with van der Waals surface area (Å²) in [6.07, 6.45) is 3.80. The molecule has 0 amide bonds. The van der Waals surface area contributed by atoms with Crippen molar-refractivity contribution in [3.8, 4) is 28.7 Å². The maximum atomic E-state index is 12.8. The summed E-state index contributed by atoms with van der Waals surface area (Å²) in [5.74, 6) is 1.75. The Balaban J connectivity index is 1.90. The molecule has 2 aromatic carbocycles. The van der Waals surface area contributed by atoms with Crippen molar-refractivity contribution in [2.24, 2.45) is 5.92 Å². The van der Waals surface area contributed by atoms with Gasteiger partial charge in [-0.1, -0.05) is 12.2 Å². The predicted octanol–water partition coefficient (Wildman–Crippen LogP) is 3.78. The van der Waals surface area contributed by atoms with Gasteiger partial charge in [0.1, 0.15) is 0 Å². The van der Waals surface area contributed by atoms with E-state index in [1.165, 1.54) is 0 Å². The van der Waals surface area contributed by atoms with E-state index in [2.05, 4.69) is 0 Å². The minimum atomic E-state index is -0.513. The Hall–Kier alpha value is -3.35. The van der Waals surface area contributed by atoms with Gasteiger partial charge in [0.05, 0.1) is 33.9 Å². The molecule has 0 saturated heterocycles. The molecule has 0 fully saturated rings. The normalized spacial score (nSPS) is 18.5. The van der Waals surface area contributed by atoms with Gasteiger partial charge in [-0.2, -0.15) is 0 Å². The van der Waals surface area contributed by atoms with E-state index in [1.54, 1.807) is 28.3 Å². The average Bonchev–Trinajstić information content (AvgIpc) is 3.23. The number of rotatable bonds is 6. The molecule has 1 heterocycles. The smallest absolute Gasteiger partial charge is 0.313 e. The first-order valence-corrected chi connectivity index (χ1v) is 9.69. The fourth-order valence-electron chi connectivity index (χ4n) is 4.02. The van der Waals surface area contributed by atoms with Crippen molar-refractivity contribution < 1.29 is 33.2 Å². The minimum absolute atomic E-state index is 0.179. The molecule has 158 valence electrons. The largest absolute Gasteiger partial charge is 0.493 e. The zero-order chi connectivity index (χ0) is 21.3. The third kappa shape index (κ3) is 3.30. The molecule has 7 nitrogen and oxygen atoms in total. The average molecular weight is 412 g/mol. The van der Waals surface area contributed by atoms with Gasteiger partial charge in [0, 0.05) is 5.92 Å². The molecule has 1 aliphatic heterocycles. The van der Waals surface area contributed by atoms with Crippen LogP contribution >= 0.6 is 0 Å². The number of fused-ring (bicyclic) bond motifs is 2. The number of esters is 1. The zero-order valence-corrected chi connectivity index (χ0v) is 17.4. The fraction of sp³-hybridized carbons (Fsp3) is 0.348. The molecule has 0 spiro atoms. The Bertz CT molecular complexity index is 970. The van der Waals surface area contributed by atoms with E-state index in [9.17, 15) is 4.79 Å². The summed E-state index contributed by atoms with van der Waals surface area (Å²) < 4.78 is 33.0. The molecule has 0 saturated carbocycles. The van der Waals surface area contributed by atoms with Crippen molar-refractivity contribution in [3.63, 3.8) is 0 Å². The second kappa shape index (κ2) is 8.18. The topological polar surface area (TPSA) is 72.5 Å². The van der Waals surface area contributed by atoms with Crippen molar-refractivity contribution in [2.75, 3.05) is 34.7 Å². The van der Waals surface area contributed by atoms with Crippen LogP contribution < -0.4 is 23.7 Å². The van der Waals surface area contributed by atoms with E-state index < -0.39 is 5.92 Å². The SMILES string of the molecule is CCOC(=O)[C@@H]1C=Cc2cc3c(cc2[C@H]1c1cc(OC)c(OC)c(OC)c1)OCO3. The van der Waals surface area contributed by atoms with E-state index in [0.29, 0.717) is 35.4 Å². The van der Waals surface area contributed by atoms with Gasteiger partial charge < -0.3 is 28.4 Å². The van der Waals surface area contributed by atoms with Crippen molar-refractivity contribution in [1.82, 2.24) is 0 Å². The van der Waals surface area contributed by atoms with Gasteiger partial charge in [0.2, 0.25) is 12.5 Å². The van der Waals surface area contributed by atoms with Crippen molar-refractivity contribution in [1.29, 1.82) is 0 Å². The lowest BCUT2D eigenvalue weighted by Crippen LogP contribution is -2.26. The highest BCUT2D eigenvalue weighted by atomic mass is 16.7. The highest BCUT2D eigenvalue weighted by molar-refractivity contribution is 5.81. The van der Waals surface area contributed by atoms with Gasteiger partial charge in [0.15, 0.2) is 23.0 Å². The molecule has 2 atom stereocenters. The van der Waals surface area contributed by atoms with Crippen molar-refractivity contribution in [3.05, 3.63) is 47.0 Å². The fourth-order valence-corrected chi connectivity index (χ4v) is 4.02. The Morgan fingerprint density at radius 2 is 1.67 bits per heavy atom. The summed E-state index contributed by atoms with van der Waals surface area (Å²) in [6, 6.07) is 7.60. The van der Waals surface area contributed by atoms with Gasteiger partial charge >= 0.3 is 5.97 Å². The maximum absolute atomic E-state index is 12.8. The molecular weight excluding hydrogens is 388 g/mol. The van der Waals surface area contributed by atoms with Crippen LogP contribution in [0.1, 0.15) is 29.5 Å². The quantitative estimate of drug-likeness (QED) is 0.669. The van der Waals surface area contributed by atoms with Gasteiger partial charge in [0.25, 0.3) is 0 Å². The second-order valence-corrected chi connectivity index (χ2v) is 6.91. The molecule has 0 aromatic heterocycles. The standard InChI is InChI=1S/C23H24O7/c1-5-28-23(24)15-7-6-13-8-17-18(30-12-29-17)11-16(13)21(15)14-9-19(25-2)22(27-4)20(10-14)26-3/h6-11,15,21H,5,12H2,1-4H3/t15-,21+/m1/s1. The summed E-state index contributed by atoms with van der Waals surface area (Å²) in [4.78, 5) is 12.8. The summed E-state index contributed by atoms with van der Waals surface area (Å²) in [7, 11) is 4.69. The lowest BCUT2D eigenvalue weighted by atomic mass is 9.75. The van der Waals surface area contributed by atoms with E-state index in [-0.39, 0.29) is 18.7 Å². The molecule has 0 bridgehead atoms. The number of hydrogen-bond donors (Lipinski definition) is 0. The number of ether oxygens (including phenoxy) is 6. The molecule has 0 radical (unpaired) electrons. The highest BCUT2D eigenvalue weighted by Gasteiger charge is 2.36.